The summed E-state index contributed by atoms with van der Waals surface area (Å²) in [6, 6.07) is 0. The highest BCUT2D eigenvalue weighted by atomic mass is 28.3. The lowest BCUT2D eigenvalue weighted by Crippen LogP contribution is -2.28. The molecule has 0 fully saturated rings. The lowest BCUT2D eigenvalue weighted by molar-refractivity contribution is -0.385. The van der Waals surface area contributed by atoms with Crippen molar-refractivity contribution in [3.8, 4) is 0 Å². The average molecular weight is 199 g/mol. The van der Waals surface area contributed by atoms with Crippen molar-refractivity contribution < 1.29 is 4.92 Å². The summed E-state index contributed by atoms with van der Waals surface area (Å²) in [7, 11) is -1.24. The molecule has 0 spiro atoms. The van der Waals surface area contributed by atoms with Crippen LogP contribution in [0.2, 0.25) is 19.6 Å². The molecule has 0 N–H and O–H groups in total. The lowest BCUT2D eigenvalue weighted by Gasteiger charge is -2.14. The molecule has 1 aromatic rings. The van der Waals surface area contributed by atoms with E-state index in [1.807, 2.05) is 0 Å². The summed E-state index contributed by atoms with van der Waals surface area (Å²) in [4.78, 5) is 9.92. The molecule has 0 radical (unpaired) electrons. The van der Waals surface area contributed by atoms with Gasteiger partial charge in [-0.2, -0.15) is 5.10 Å². The van der Waals surface area contributed by atoms with Gasteiger partial charge in [0.25, 0.3) is 0 Å². The van der Waals surface area contributed by atoms with Gasteiger partial charge in [0.05, 0.1) is 13.0 Å². The standard InChI is InChI=1S/C7H13N3O2Si/c1-13(2,3)6-9-5-7(4-8-9)10(11)12/h4-5H,6H2,1-3H3. The summed E-state index contributed by atoms with van der Waals surface area (Å²) >= 11 is 0. The van der Waals surface area contributed by atoms with E-state index in [1.54, 1.807) is 4.68 Å². The largest absolute Gasteiger partial charge is 0.306 e. The minimum Gasteiger partial charge on any atom is -0.269 e. The topological polar surface area (TPSA) is 61.0 Å². The van der Waals surface area contributed by atoms with Crippen molar-refractivity contribution in [3.63, 3.8) is 0 Å². The Hall–Kier alpha value is -1.17. The Morgan fingerprint density at radius 2 is 2.23 bits per heavy atom. The average Bonchev–Trinajstić information content (AvgIpc) is 2.31. The van der Waals surface area contributed by atoms with Gasteiger partial charge in [-0.05, 0) is 0 Å². The summed E-state index contributed by atoms with van der Waals surface area (Å²) in [6.07, 6.45) is 3.60. The van der Waals surface area contributed by atoms with Crippen LogP contribution in [0.5, 0.6) is 0 Å². The zero-order chi connectivity index (χ0) is 10.1. The zero-order valence-electron chi connectivity index (χ0n) is 8.02. The van der Waals surface area contributed by atoms with Crippen molar-refractivity contribution in [1.82, 2.24) is 9.78 Å². The summed E-state index contributed by atoms with van der Waals surface area (Å²) in [6.45, 7) is 6.58. The van der Waals surface area contributed by atoms with Crippen LogP contribution in [0.3, 0.4) is 0 Å². The van der Waals surface area contributed by atoms with Crippen LogP contribution in [0.25, 0.3) is 0 Å². The molecule has 0 saturated heterocycles. The van der Waals surface area contributed by atoms with Crippen molar-refractivity contribution in [3.05, 3.63) is 22.5 Å². The molecule has 1 rings (SSSR count). The third kappa shape index (κ3) is 2.98. The van der Waals surface area contributed by atoms with Gasteiger partial charge in [0.2, 0.25) is 0 Å². The van der Waals surface area contributed by atoms with E-state index in [0.717, 1.165) is 6.17 Å². The molecule has 0 aliphatic carbocycles. The maximum atomic E-state index is 10.3. The van der Waals surface area contributed by atoms with E-state index in [-0.39, 0.29) is 5.69 Å². The van der Waals surface area contributed by atoms with Gasteiger partial charge in [-0.3, -0.25) is 14.8 Å². The van der Waals surface area contributed by atoms with Gasteiger partial charge in [-0.1, -0.05) is 19.6 Å². The van der Waals surface area contributed by atoms with Crippen LogP contribution in [0.4, 0.5) is 5.69 Å². The van der Waals surface area contributed by atoms with Crippen LogP contribution in [-0.2, 0) is 6.17 Å². The van der Waals surface area contributed by atoms with Crippen molar-refractivity contribution in [2.45, 2.75) is 25.8 Å². The first-order valence-electron chi connectivity index (χ1n) is 4.05. The highest BCUT2D eigenvalue weighted by Gasteiger charge is 2.16. The molecule has 13 heavy (non-hydrogen) atoms. The highest BCUT2D eigenvalue weighted by molar-refractivity contribution is 6.74. The van der Waals surface area contributed by atoms with Crippen LogP contribution in [0.15, 0.2) is 12.4 Å². The molecule has 1 aromatic heterocycles. The molecule has 5 nitrogen and oxygen atoms in total. The summed E-state index contributed by atoms with van der Waals surface area (Å²) in [5.41, 5.74) is 0.0678. The maximum Gasteiger partial charge on any atom is 0.306 e. The number of nitrogens with zero attached hydrogens (tertiary/aromatic N) is 3. The Morgan fingerprint density at radius 1 is 1.62 bits per heavy atom. The molecule has 1 heterocycles. The van der Waals surface area contributed by atoms with Crippen molar-refractivity contribution >= 4 is 13.8 Å². The van der Waals surface area contributed by atoms with Crippen LogP contribution >= 0.6 is 0 Å². The lowest BCUT2D eigenvalue weighted by atomic mass is 10.6. The van der Waals surface area contributed by atoms with Gasteiger partial charge >= 0.3 is 5.69 Å². The Balaban J connectivity index is 2.75. The van der Waals surface area contributed by atoms with Gasteiger partial charge in [0, 0.05) is 6.17 Å². The van der Waals surface area contributed by atoms with Crippen LogP contribution in [0.1, 0.15) is 0 Å². The second kappa shape index (κ2) is 3.29. The predicted octanol–water partition coefficient (Wildman–Crippen LogP) is 1.67. The van der Waals surface area contributed by atoms with E-state index < -0.39 is 13.0 Å². The minimum atomic E-state index is -1.24. The Labute approximate surface area is 77.5 Å². The molecule has 72 valence electrons. The van der Waals surface area contributed by atoms with Crippen LogP contribution < -0.4 is 0 Å². The number of hydrogen-bond donors (Lipinski definition) is 0. The molecule has 0 unspecified atom stereocenters. The zero-order valence-corrected chi connectivity index (χ0v) is 9.02. The Kier molecular flexibility index (Phi) is 2.51. The van der Waals surface area contributed by atoms with Gasteiger partial charge in [-0.15, -0.1) is 0 Å². The molecule has 0 aliphatic rings. The number of hydrogen-bond acceptors (Lipinski definition) is 3. The van der Waals surface area contributed by atoms with Crippen molar-refractivity contribution in [2.75, 3.05) is 0 Å². The maximum absolute atomic E-state index is 10.3. The van der Waals surface area contributed by atoms with E-state index >= 15 is 0 Å². The molecule has 0 aliphatic heterocycles. The SMILES string of the molecule is C[Si](C)(C)Cn1cc([N+](=O)[O-])cn1. The van der Waals surface area contributed by atoms with Gasteiger partial charge in [0.1, 0.15) is 12.4 Å². The van der Waals surface area contributed by atoms with Crippen LogP contribution in [-0.4, -0.2) is 22.8 Å². The summed E-state index contributed by atoms with van der Waals surface area (Å²) in [5.74, 6) is 0. The number of nitro groups is 1. The molecule has 0 saturated carbocycles. The molecule has 0 aromatic carbocycles. The minimum absolute atomic E-state index is 0.0678. The van der Waals surface area contributed by atoms with E-state index in [2.05, 4.69) is 24.7 Å². The third-order valence-electron chi connectivity index (χ3n) is 1.47. The van der Waals surface area contributed by atoms with E-state index in [0.29, 0.717) is 0 Å². The quantitative estimate of drug-likeness (QED) is 0.422. The van der Waals surface area contributed by atoms with Gasteiger partial charge in [0.15, 0.2) is 0 Å². The predicted molar refractivity (Wildman–Crippen MR) is 52.2 cm³/mol. The molecular weight excluding hydrogens is 186 g/mol. The fraction of sp³-hybridized carbons (Fsp3) is 0.571. The number of rotatable bonds is 3. The third-order valence-corrected chi connectivity index (χ3v) is 2.74. The first kappa shape index (κ1) is 9.91. The monoisotopic (exact) mass is 199 g/mol. The fourth-order valence-corrected chi connectivity index (χ4v) is 2.16. The first-order chi connectivity index (χ1) is 5.88. The van der Waals surface area contributed by atoms with E-state index in [9.17, 15) is 10.1 Å². The summed E-state index contributed by atoms with van der Waals surface area (Å²) < 4.78 is 1.66. The fourth-order valence-electron chi connectivity index (χ4n) is 1.02. The molecular formula is C7H13N3O2Si. The Bertz CT molecular complexity index is 316. The van der Waals surface area contributed by atoms with Crippen LogP contribution in [0, 0.1) is 10.1 Å². The summed E-state index contributed by atoms with van der Waals surface area (Å²) in [5, 5.41) is 14.3. The van der Waals surface area contributed by atoms with Gasteiger partial charge < -0.3 is 0 Å². The molecule has 0 bridgehead atoms. The molecule has 0 amide bonds. The normalized spacial score (nSPS) is 11.6. The van der Waals surface area contributed by atoms with Crippen molar-refractivity contribution in [2.24, 2.45) is 0 Å². The Morgan fingerprint density at radius 3 is 2.62 bits per heavy atom. The number of aromatic nitrogens is 2. The molecule has 6 heteroatoms. The van der Waals surface area contributed by atoms with E-state index in [4.69, 9.17) is 0 Å². The smallest absolute Gasteiger partial charge is 0.269 e. The second-order valence-corrected chi connectivity index (χ2v) is 9.65. The molecule has 0 atom stereocenters. The van der Waals surface area contributed by atoms with Crippen molar-refractivity contribution in [1.29, 1.82) is 0 Å². The second-order valence-electron chi connectivity index (χ2n) is 4.21. The highest BCUT2D eigenvalue weighted by Crippen LogP contribution is 2.10. The van der Waals surface area contributed by atoms with Gasteiger partial charge in [-0.25, -0.2) is 0 Å². The first-order valence-corrected chi connectivity index (χ1v) is 7.76. The van der Waals surface area contributed by atoms with E-state index in [1.165, 1.54) is 12.4 Å².